The Bertz CT molecular complexity index is 605. The van der Waals surface area contributed by atoms with Crippen molar-refractivity contribution in [3.05, 3.63) is 12.2 Å². The summed E-state index contributed by atoms with van der Waals surface area (Å²) in [4.78, 5) is 25.5. The predicted molar refractivity (Wildman–Crippen MR) is 95.4 cm³/mol. The number of carbonyl (C=O) groups is 2. The molecule has 0 heterocycles. The summed E-state index contributed by atoms with van der Waals surface area (Å²) in [6.45, 7) is 10.6. The molecule has 0 aliphatic heterocycles. The molecular weight excluding hydrogens is 296 g/mol. The molecule has 2 heteroatoms. The molecule has 4 rings (SSSR count). The van der Waals surface area contributed by atoms with E-state index in [0.29, 0.717) is 35.7 Å². The lowest BCUT2D eigenvalue weighted by Crippen LogP contribution is -2.57. The first-order chi connectivity index (χ1) is 11.3. The molecule has 0 radical (unpaired) electrons. The zero-order valence-corrected chi connectivity index (χ0v) is 15.6. The summed E-state index contributed by atoms with van der Waals surface area (Å²) in [6.07, 6.45) is 8.62. The van der Waals surface area contributed by atoms with Crippen LogP contribution in [-0.2, 0) is 9.59 Å². The summed E-state index contributed by atoms with van der Waals surface area (Å²) in [5.74, 6) is 2.90. The van der Waals surface area contributed by atoms with E-state index in [-0.39, 0.29) is 22.7 Å². The second kappa shape index (κ2) is 5.29. The lowest BCUT2D eigenvalue weighted by atomic mass is 9.44. The van der Waals surface area contributed by atoms with Crippen molar-refractivity contribution in [1.29, 1.82) is 0 Å². The van der Waals surface area contributed by atoms with Gasteiger partial charge in [0.25, 0.3) is 0 Å². The molecule has 0 aromatic heterocycles. The Hall–Kier alpha value is -0.920. The number of hydrogen-bond donors (Lipinski definition) is 0. The fourth-order valence-corrected chi connectivity index (χ4v) is 7.64. The van der Waals surface area contributed by atoms with E-state index in [1.807, 2.05) is 0 Å². The van der Waals surface area contributed by atoms with Crippen molar-refractivity contribution in [1.82, 2.24) is 0 Å². The predicted octanol–water partition coefficient (Wildman–Crippen LogP) is 4.97. The van der Waals surface area contributed by atoms with Gasteiger partial charge in [-0.3, -0.25) is 9.59 Å². The molecule has 0 spiro atoms. The van der Waals surface area contributed by atoms with E-state index >= 15 is 0 Å². The average Bonchev–Trinajstić information content (AvgIpc) is 2.84. The minimum atomic E-state index is -0.0639. The first-order valence-corrected chi connectivity index (χ1v) is 9.97. The number of Topliss-reactive ketones (excluding diaryl/α,β-unsaturated/α-hetero) is 2. The molecule has 4 saturated carbocycles. The Morgan fingerprint density at radius 3 is 2.58 bits per heavy atom. The standard InChI is InChI=1S/C22H32O2/c1-13-9-10-21(3)15(11-13)5-6-16-18-8-7-17(14(2)23)22(18,4)12-19(24)20(16)21/h15-18,20H,1,5-12H2,2-4H3/t15?,16?,17-,18?,20?,21+,22-/m1/s1. The van der Waals surface area contributed by atoms with Gasteiger partial charge in [-0.25, -0.2) is 0 Å². The van der Waals surface area contributed by atoms with Gasteiger partial charge in [-0.1, -0.05) is 26.0 Å². The Morgan fingerprint density at radius 2 is 1.88 bits per heavy atom. The van der Waals surface area contributed by atoms with Gasteiger partial charge in [-0.15, -0.1) is 0 Å². The monoisotopic (exact) mass is 328 g/mol. The number of allylic oxidation sites excluding steroid dienone is 1. The maximum absolute atomic E-state index is 13.4. The van der Waals surface area contributed by atoms with E-state index in [4.69, 9.17) is 0 Å². The summed E-state index contributed by atoms with van der Waals surface area (Å²) in [7, 11) is 0. The van der Waals surface area contributed by atoms with E-state index in [9.17, 15) is 9.59 Å². The van der Waals surface area contributed by atoms with Gasteiger partial charge in [0, 0.05) is 18.3 Å². The van der Waals surface area contributed by atoms with Crippen LogP contribution in [-0.4, -0.2) is 11.6 Å². The Labute approximate surface area is 146 Å². The fraction of sp³-hybridized carbons (Fsp3) is 0.818. The molecule has 0 bridgehead atoms. The molecule has 0 aromatic carbocycles. The first-order valence-electron chi connectivity index (χ1n) is 9.97. The van der Waals surface area contributed by atoms with Crippen LogP contribution < -0.4 is 0 Å². The maximum atomic E-state index is 13.4. The van der Waals surface area contributed by atoms with Crippen LogP contribution in [0.25, 0.3) is 0 Å². The molecule has 4 aliphatic rings. The van der Waals surface area contributed by atoms with Crippen LogP contribution in [0.2, 0.25) is 0 Å². The van der Waals surface area contributed by atoms with Crippen molar-refractivity contribution < 1.29 is 9.59 Å². The highest BCUT2D eigenvalue weighted by Gasteiger charge is 2.63. The molecule has 0 saturated heterocycles. The van der Waals surface area contributed by atoms with Gasteiger partial charge in [0.15, 0.2) is 0 Å². The fourth-order valence-electron chi connectivity index (χ4n) is 7.64. The molecule has 2 nitrogen and oxygen atoms in total. The van der Waals surface area contributed by atoms with Crippen molar-refractivity contribution in [2.45, 2.75) is 72.1 Å². The Morgan fingerprint density at radius 1 is 1.12 bits per heavy atom. The molecule has 7 atom stereocenters. The molecule has 4 unspecified atom stereocenters. The van der Waals surface area contributed by atoms with Crippen molar-refractivity contribution >= 4 is 11.6 Å². The SMILES string of the molecule is C=C1CC[C@@]2(C)C(CCC3C2C(=O)C[C@@]2(C)C3CC[C@@H]2C(C)=O)C1. The van der Waals surface area contributed by atoms with Crippen LogP contribution in [0.15, 0.2) is 12.2 Å². The molecule has 4 fully saturated rings. The van der Waals surface area contributed by atoms with Crippen LogP contribution in [0.3, 0.4) is 0 Å². The van der Waals surface area contributed by atoms with Crippen LogP contribution in [0.4, 0.5) is 0 Å². The Balaban J connectivity index is 1.69. The lowest BCUT2D eigenvalue weighted by Gasteiger charge is -2.59. The van der Waals surface area contributed by atoms with Gasteiger partial charge in [0.1, 0.15) is 11.6 Å². The summed E-state index contributed by atoms with van der Waals surface area (Å²) in [6, 6.07) is 0. The quantitative estimate of drug-likeness (QED) is 0.637. The molecule has 132 valence electrons. The van der Waals surface area contributed by atoms with E-state index < -0.39 is 0 Å². The third kappa shape index (κ3) is 2.07. The lowest BCUT2D eigenvalue weighted by molar-refractivity contribution is -0.157. The van der Waals surface area contributed by atoms with Gasteiger partial charge < -0.3 is 0 Å². The van der Waals surface area contributed by atoms with Gasteiger partial charge >= 0.3 is 0 Å². The third-order valence-electron chi connectivity index (χ3n) is 8.79. The molecule has 0 amide bonds. The van der Waals surface area contributed by atoms with Crippen molar-refractivity contribution in [3.63, 3.8) is 0 Å². The topological polar surface area (TPSA) is 34.1 Å². The van der Waals surface area contributed by atoms with E-state index in [1.165, 1.54) is 18.4 Å². The van der Waals surface area contributed by atoms with Crippen molar-refractivity contribution in [2.75, 3.05) is 0 Å². The highest BCUT2D eigenvalue weighted by molar-refractivity contribution is 5.87. The van der Waals surface area contributed by atoms with Gasteiger partial charge in [-0.2, -0.15) is 0 Å². The molecular formula is C22H32O2. The number of hydrogen-bond acceptors (Lipinski definition) is 2. The second-order valence-electron chi connectivity index (χ2n) is 9.87. The zero-order chi connectivity index (χ0) is 17.3. The van der Waals surface area contributed by atoms with Crippen molar-refractivity contribution in [3.8, 4) is 0 Å². The summed E-state index contributed by atoms with van der Waals surface area (Å²) >= 11 is 0. The highest BCUT2D eigenvalue weighted by atomic mass is 16.1. The van der Waals surface area contributed by atoms with E-state index in [0.717, 1.165) is 32.1 Å². The van der Waals surface area contributed by atoms with Crippen LogP contribution in [0.5, 0.6) is 0 Å². The minimum absolute atomic E-state index is 0.0639. The van der Waals surface area contributed by atoms with Crippen LogP contribution in [0.1, 0.15) is 72.1 Å². The largest absolute Gasteiger partial charge is 0.300 e. The third-order valence-corrected chi connectivity index (χ3v) is 8.79. The number of fused-ring (bicyclic) bond motifs is 5. The number of ketones is 2. The van der Waals surface area contributed by atoms with Gasteiger partial charge in [0.2, 0.25) is 0 Å². The molecule has 0 N–H and O–H groups in total. The summed E-state index contributed by atoms with van der Waals surface area (Å²) in [5, 5.41) is 0. The molecule has 24 heavy (non-hydrogen) atoms. The smallest absolute Gasteiger partial charge is 0.137 e. The van der Waals surface area contributed by atoms with E-state index in [1.54, 1.807) is 6.92 Å². The maximum Gasteiger partial charge on any atom is 0.137 e. The Kier molecular flexibility index (Phi) is 3.64. The van der Waals surface area contributed by atoms with Gasteiger partial charge in [-0.05, 0) is 80.5 Å². The number of carbonyl (C=O) groups excluding carboxylic acids is 2. The van der Waals surface area contributed by atoms with Crippen molar-refractivity contribution in [2.24, 2.45) is 40.4 Å². The summed E-state index contributed by atoms with van der Waals surface area (Å²) < 4.78 is 0. The zero-order valence-electron chi connectivity index (χ0n) is 15.6. The highest BCUT2D eigenvalue weighted by Crippen LogP contribution is 2.66. The summed E-state index contributed by atoms with van der Waals surface area (Å²) in [5.41, 5.74) is 1.50. The second-order valence-corrected chi connectivity index (χ2v) is 9.87. The normalized spacial score (nSPS) is 50.9. The number of rotatable bonds is 1. The molecule has 0 aromatic rings. The average molecular weight is 328 g/mol. The molecule has 4 aliphatic carbocycles. The van der Waals surface area contributed by atoms with E-state index in [2.05, 4.69) is 20.4 Å². The van der Waals surface area contributed by atoms with Crippen LogP contribution >= 0.6 is 0 Å². The minimum Gasteiger partial charge on any atom is -0.300 e. The first kappa shape index (κ1) is 16.5. The van der Waals surface area contributed by atoms with Crippen LogP contribution in [0, 0.1) is 40.4 Å². The van der Waals surface area contributed by atoms with Gasteiger partial charge in [0.05, 0.1) is 0 Å².